The van der Waals surface area contributed by atoms with E-state index in [1.807, 2.05) is 24.0 Å². The standard InChI is InChI=1S/C20H14N2S/c1-2-7-16(8-3-1)22-19-15(12-21-22)13-23-20-17-9-5-4-6-14(17)10-11-18(19)20/h1-12H,13H2. The zero-order valence-electron chi connectivity index (χ0n) is 12.4. The Balaban J connectivity index is 1.81. The van der Waals surface area contributed by atoms with Crippen molar-refractivity contribution in [2.45, 2.75) is 10.6 Å². The Hall–Kier alpha value is -2.52. The van der Waals surface area contributed by atoms with E-state index in [0.29, 0.717) is 0 Å². The maximum absolute atomic E-state index is 4.65. The van der Waals surface area contributed by atoms with Gasteiger partial charge in [0.2, 0.25) is 0 Å². The molecule has 0 spiro atoms. The Bertz CT molecular complexity index is 1020. The fourth-order valence-electron chi connectivity index (χ4n) is 3.27. The maximum Gasteiger partial charge on any atom is 0.0792 e. The number of fused-ring (bicyclic) bond motifs is 5. The van der Waals surface area contributed by atoms with Gasteiger partial charge in [0.1, 0.15) is 0 Å². The van der Waals surface area contributed by atoms with Gasteiger partial charge in [-0.3, -0.25) is 0 Å². The lowest BCUT2D eigenvalue weighted by Crippen LogP contribution is -2.03. The van der Waals surface area contributed by atoms with Crippen LogP contribution in [0.25, 0.3) is 27.7 Å². The SMILES string of the molecule is c1ccc(-n2ncc3c2-c2ccc4ccccc4c2SC3)cc1. The van der Waals surface area contributed by atoms with Crippen molar-refractivity contribution in [3.8, 4) is 16.9 Å². The molecule has 2 heterocycles. The van der Waals surface area contributed by atoms with Crippen LogP contribution in [0.4, 0.5) is 0 Å². The summed E-state index contributed by atoms with van der Waals surface area (Å²) < 4.78 is 2.07. The van der Waals surface area contributed by atoms with Crippen molar-refractivity contribution in [1.82, 2.24) is 9.78 Å². The number of thioether (sulfide) groups is 1. The third kappa shape index (κ3) is 1.93. The van der Waals surface area contributed by atoms with Crippen molar-refractivity contribution >= 4 is 22.5 Å². The van der Waals surface area contributed by atoms with E-state index in [1.165, 1.54) is 32.5 Å². The number of hydrogen-bond acceptors (Lipinski definition) is 2. The first-order valence-corrected chi connectivity index (χ1v) is 8.67. The molecule has 0 unspecified atom stereocenters. The second-order valence-electron chi connectivity index (χ2n) is 5.72. The molecule has 0 saturated heterocycles. The minimum absolute atomic E-state index is 0.975. The highest BCUT2D eigenvalue weighted by Crippen LogP contribution is 2.45. The predicted molar refractivity (Wildman–Crippen MR) is 96.1 cm³/mol. The second-order valence-corrected chi connectivity index (χ2v) is 6.70. The minimum Gasteiger partial charge on any atom is -0.233 e. The van der Waals surface area contributed by atoms with Gasteiger partial charge in [0, 0.05) is 21.8 Å². The molecule has 1 aliphatic heterocycles. The molecule has 3 heteroatoms. The van der Waals surface area contributed by atoms with Crippen LogP contribution in [-0.4, -0.2) is 9.78 Å². The van der Waals surface area contributed by atoms with Crippen LogP contribution in [0.15, 0.2) is 77.8 Å². The molecule has 1 aromatic heterocycles. The van der Waals surface area contributed by atoms with E-state index >= 15 is 0 Å². The highest BCUT2D eigenvalue weighted by molar-refractivity contribution is 7.99. The van der Waals surface area contributed by atoms with Crippen molar-refractivity contribution in [2.75, 3.05) is 0 Å². The number of benzene rings is 3. The highest BCUT2D eigenvalue weighted by atomic mass is 32.2. The molecule has 2 nitrogen and oxygen atoms in total. The van der Waals surface area contributed by atoms with Gasteiger partial charge in [0.25, 0.3) is 0 Å². The summed E-state index contributed by atoms with van der Waals surface area (Å²) in [7, 11) is 0. The summed E-state index contributed by atoms with van der Waals surface area (Å²) in [6.07, 6.45) is 2.01. The lowest BCUT2D eigenvalue weighted by atomic mass is 10.0. The quantitative estimate of drug-likeness (QED) is 0.474. The van der Waals surface area contributed by atoms with E-state index in [0.717, 1.165) is 11.4 Å². The van der Waals surface area contributed by atoms with Gasteiger partial charge in [-0.05, 0) is 22.9 Å². The van der Waals surface area contributed by atoms with E-state index in [4.69, 9.17) is 0 Å². The van der Waals surface area contributed by atoms with E-state index in [9.17, 15) is 0 Å². The smallest absolute Gasteiger partial charge is 0.0792 e. The first-order chi connectivity index (χ1) is 11.4. The van der Waals surface area contributed by atoms with Crippen LogP contribution in [0, 0.1) is 0 Å². The summed E-state index contributed by atoms with van der Waals surface area (Å²) in [5.41, 5.74) is 4.94. The molecule has 1 aliphatic rings. The molecule has 23 heavy (non-hydrogen) atoms. The van der Waals surface area contributed by atoms with E-state index < -0.39 is 0 Å². The molecule has 0 saturated carbocycles. The second kappa shape index (κ2) is 5.00. The monoisotopic (exact) mass is 314 g/mol. The first kappa shape index (κ1) is 13.0. The molecule has 0 radical (unpaired) electrons. The molecule has 3 aromatic carbocycles. The van der Waals surface area contributed by atoms with Gasteiger partial charge < -0.3 is 0 Å². The molecule has 0 N–H and O–H groups in total. The van der Waals surface area contributed by atoms with E-state index in [2.05, 4.69) is 70.4 Å². The van der Waals surface area contributed by atoms with Gasteiger partial charge in [0.05, 0.1) is 17.6 Å². The number of aromatic nitrogens is 2. The molecule has 4 aromatic rings. The van der Waals surface area contributed by atoms with Crippen molar-refractivity contribution in [3.63, 3.8) is 0 Å². The van der Waals surface area contributed by atoms with Crippen LogP contribution >= 0.6 is 11.8 Å². The van der Waals surface area contributed by atoms with Crippen LogP contribution in [0.5, 0.6) is 0 Å². The molecule has 0 amide bonds. The van der Waals surface area contributed by atoms with Crippen molar-refractivity contribution in [3.05, 3.63) is 78.5 Å². The van der Waals surface area contributed by atoms with Crippen LogP contribution in [0.3, 0.4) is 0 Å². The zero-order chi connectivity index (χ0) is 15.2. The lowest BCUT2D eigenvalue weighted by Gasteiger charge is -2.20. The summed E-state index contributed by atoms with van der Waals surface area (Å²) >= 11 is 1.92. The van der Waals surface area contributed by atoms with Crippen LogP contribution in [-0.2, 0) is 5.75 Å². The lowest BCUT2D eigenvalue weighted by molar-refractivity contribution is 0.886. The zero-order valence-corrected chi connectivity index (χ0v) is 13.3. The molecule has 0 bridgehead atoms. The summed E-state index contributed by atoms with van der Waals surface area (Å²) in [5, 5.41) is 7.28. The Morgan fingerprint density at radius 2 is 1.70 bits per heavy atom. The molecular weight excluding hydrogens is 300 g/mol. The topological polar surface area (TPSA) is 17.8 Å². The number of rotatable bonds is 1. The number of para-hydroxylation sites is 1. The van der Waals surface area contributed by atoms with Gasteiger partial charge in [-0.2, -0.15) is 5.10 Å². The third-order valence-corrected chi connectivity index (χ3v) is 5.54. The highest BCUT2D eigenvalue weighted by Gasteiger charge is 2.23. The maximum atomic E-state index is 4.65. The Morgan fingerprint density at radius 1 is 0.870 bits per heavy atom. The minimum atomic E-state index is 0.975. The van der Waals surface area contributed by atoms with Gasteiger partial charge >= 0.3 is 0 Å². The summed E-state index contributed by atoms with van der Waals surface area (Å²) in [5.74, 6) is 0.975. The van der Waals surface area contributed by atoms with Gasteiger partial charge in [-0.1, -0.05) is 54.6 Å². The Kier molecular flexibility index (Phi) is 2.82. The summed E-state index contributed by atoms with van der Waals surface area (Å²) in [6, 6.07) is 23.4. The van der Waals surface area contributed by atoms with Crippen LogP contribution in [0.1, 0.15) is 5.56 Å². The van der Waals surface area contributed by atoms with Crippen LogP contribution < -0.4 is 0 Å². The predicted octanol–water partition coefficient (Wildman–Crippen LogP) is 5.30. The van der Waals surface area contributed by atoms with E-state index in [1.54, 1.807) is 0 Å². The largest absolute Gasteiger partial charge is 0.233 e. The van der Waals surface area contributed by atoms with Crippen molar-refractivity contribution in [2.24, 2.45) is 0 Å². The molecule has 5 rings (SSSR count). The van der Waals surface area contributed by atoms with Crippen molar-refractivity contribution < 1.29 is 0 Å². The van der Waals surface area contributed by atoms with Crippen LogP contribution in [0.2, 0.25) is 0 Å². The van der Waals surface area contributed by atoms with E-state index in [-0.39, 0.29) is 0 Å². The van der Waals surface area contributed by atoms with Gasteiger partial charge in [0.15, 0.2) is 0 Å². The molecule has 0 atom stereocenters. The molecule has 110 valence electrons. The summed E-state index contributed by atoms with van der Waals surface area (Å²) in [4.78, 5) is 1.37. The Morgan fingerprint density at radius 3 is 2.61 bits per heavy atom. The first-order valence-electron chi connectivity index (χ1n) is 7.69. The summed E-state index contributed by atoms with van der Waals surface area (Å²) in [6.45, 7) is 0. The number of nitrogens with zero attached hydrogens (tertiary/aromatic N) is 2. The fourth-order valence-corrected chi connectivity index (χ4v) is 4.45. The average molecular weight is 314 g/mol. The van der Waals surface area contributed by atoms with Gasteiger partial charge in [-0.15, -0.1) is 11.8 Å². The number of hydrogen-bond donors (Lipinski definition) is 0. The third-order valence-electron chi connectivity index (χ3n) is 4.35. The van der Waals surface area contributed by atoms with Crippen molar-refractivity contribution in [1.29, 1.82) is 0 Å². The Labute approximate surface area is 138 Å². The fraction of sp³-hybridized carbons (Fsp3) is 0.0500. The van der Waals surface area contributed by atoms with Gasteiger partial charge in [-0.25, -0.2) is 4.68 Å². The molecule has 0 aliphatic carbocycles. The normalized spacial score (nSPS) is 12.9. The average Bonchev–Trinajstić information content (AvgIpc) is 3.06. The molecular formula is C20H14N2S. The molecule has 0 fully saturated rings.